The van der Waals surface area contributed by atoms with Crippen LogP contribution in [0.5, 0.6) is 0 Å². The number of hydrogen-bond donors (Lipinski definition) is 1. The van der Waals surface area contributed by atoms with Crippen LogP contribution in [0.1, 0.15) is 46.2 Å². The van der Waals surface area contributed by atoms with Crippen LogP contribution in [0.15, 0.2) is 72.1 Å². The van der Waals surface area contributed by atoms with Crippen LogP contribution in [0.2, 0.25) is 5.02 Å². The first-order valence-electron chi connectivity index (χ1n) is 12.7. The zero-order chi connectivity index (χ0) is 27.4. The largest absolute Gasteiger partial charge is 0.343 e. The third-order valence-corrected chi connectivity index (χ3v) is 8.15. The van der Waals surface area contributed by atoms with Crippen LogP contribution in [0.4, 0.5) is 14.5 Å². The molecular formula is C30H26ClF2N3O2S. The molecule has 1 aromatic heterocycles. The third kappa shape index (κ3) is 6.52. The number of hydrogen-bond acceptors (Lipinski definition) is 4. The summed E-state index contributed by atoms with van der Waals surface area (Å²) in [7, 11) is 0. The summed E-state index contributed by atoms with van der Waals surface area (Å²) in [6, 6.07) is 18.8. The normalized spacial score (nSPS) is 13.9. The van der Waals surface area contributed by atoms with E-state index in [2.05, 4.69) is 10.3 Å². The molecule has 2 amide bonds. The van der Waals surface area contributed by atoms with Gasteiger partial charge in [-0.25, -0.2) is 13.8 Å². The van der Waals surface area contributed by atoms with Gasteiger partial charge in [-0.05, 0) is 60.7 Å². The summed E-state index contributed by atoms with van der Waals surface area (Å²) in [6.45, 7) is 1.19. The standard InChI is InChI=1S/C30H26ClF2N3O2S/c31-22-9-7-20(8-10-22)23-3-1-2-4-26(23)34-29(38)27-18-39-30(35-27)21-13-15-36(16-14-21)28(37)12-6-19-5-11-24(32)25(33)17-19/h1-5,7-11,17-18,21H,6,12-16H2,(H,34,38). The van der Waals surface area contributed by atoms with E-state index in [-0.39, 0.29) is 24.2 Å². The van der Waals surface area contributed by atoms with Crippen LogP contribution in [0.3, 0.4) is 0 Å². The fraction of sp³-hybridized carbons (Fsp3) is 0.233. The van der Waals surface area contributed by atoms with Gasteiger partial charge >= 0.3 is 0 Å². The molecule has 1 aliphatic heterocycles. The molecule has 9 heteroatoms. The number of carbonyl (C=O) groups excluding carboxylic acids is 2. The van der Waals surface area contributed by atoms with E-state index in [0.717, 1.165) is 41.1 Å². The van der Waals surface area contributed by atoms with E-state index >= 15 is 0 Å². The Kier molecular flexibility index (Phi) is 8.33. The highest BCUT2D eigenvalue weighted by atomic mass is 35.5. The van der Waals surface area contributed by atoms with Gasteiger partial charge in [0.05, 0.1) is 5.01 Å². The van der Waals surface area contributed by atoms with E-state index < -0.39 is 11.6 Å². The zero-order valence-corrected chi connectivity index (χ0v) is 22.6. The number of anilines is 1. The number of carbonyl (C=O) groups is 2. The number of aromatic nitrogens is 1. The van der Waals surface area contributed by atoms with Crippen LogP contribution in [0, 0.1) is 11.6 Å². The van der Waals surface area contributed by atoms with E-state index in [9.17, 15) is 18.4 Å². The van der Waals surface area contributed by atoms with Gasteiger partial charge in [-0.2, -0.15) is 0 Å². The Labute approximate surface area is 234 Å². The zero-order valence-electron chi connectivity index (χ0n) is 21.0. The highest BCUT2D eigenvalue weighted by Gasteiger charge is 2.26. The van der Waals surface area contributed by atoms with Crippen molar-refractivity contribution in [1.82, 2.24) is 9.88 Å². The van der Waals surface area contributed by atoms with E-state index in [1.54, 1.807) is 5.38 Å². The molecule has 0 bridgehead atoms. The quantitative estimate of drug-likeness (QED) is 0.255. The maximum absolute atomic E-state index is 13.4. The minimum Gasteiger partial charge on any atom is -0.343 e. The van der Waals surface area contributed by atoms with Crippen LogP contribution in [-0.4, -0.2) is 34.8 Å². The van der Waals surface area contributed by atoms with Crippen molar-refractivity contribution < 1.29 is 18.4 Å². The van der Waals surface area contributed by atoms with Crippen LogP contribution in [0.25, 0.3) is 11.1 Å². The molecule has 1 saturated heterocycles. The van der Waals surface area contributed by atoms with Gasteiger partial charge in [0.1, 0.15) is 5.69 Å². The summed E-state index contributed by atoms with van der Waals surface area (Å²) in [5, 5.41) is 6.29. The van der Waals surface area contributed by atoms with E-state index in [4.69, 9.17) is 11.6 Å². The lowest BCUT2D eigenvalue weighted by atomic mass is 9.97. The predicted molar refractivity (Wildman–Crippen MR) is 150 cm³/mol. The number of piperidine rings is 1. The Morgan fingerprint density at radius 1 is 1.00 bits per heavy atom. The first kappa shape index (κ1) is 27.0. The van der Waals surface area contributed by atoms with Crippen LogP contribution < -0.4 is 5.32 Å². The Balaban J connectivity index is 1.16. The Bertz CT molecular complexity index is 1480. The first-order chi connectivity index (χ1) is 18.9. The SMILES string of the molecule is O=C(Nc1ccccc1-c1ccc(Cl)cc1)c1csc(C2CCN(C(=O)CCc3ccc(F)c(F)c3)CC2)n1. The second-order valence-corrected chi connectivity index (χ2v) is 10.8. The van der Waals surface area contributed by atoms with Crippen molar-refractivity contribution in [3.63, 3.8) is 0 Å². The second-order valence-electron chi connectivity index (χ2n) is 9.48. The fourth-order valence-electron chi connectivity index (χ4n) is 4.72. The second kappa shape index (κ2) is 12.1. The molecule has 5 rings (SSSR count). The number of benzene rings is 3. The number of halogens is 3. The predicted octanol–water partition coefficient (Wildman–Crippen LogP) is 7.33. The molecule has 0 atom stereocenters. The van der Waals surface area contributed by atoms with Gasteiger partial charge in [0.2, 0.25) is 5.91 Å². The molecule has 2 heterocycles. The van der Waals surface area contributed by atoms with E-state index in [1.807, 2.05) is 53.4 Å². The number of rotatable bonds is 7. The van der Waals surface area contributed by atoms with Crippen molar-refractivity contribution in [1.29, 1.82) is 0 Å². The van der Waals surface area contributed by atoms with Gasteiger partial charge in [-0.1, -0.05) is 48.0 Å². The van der Waals surface area contributed by atoms with E-state index in [1.165, 1.54) is 17.4 Å². The molecular weight excluding hydrogens is 540 g/mol. The van der Waals surface area contributed by atoms with Crippen molar-refractivity contribution in [3.05, 3.63) is 105 Å². The first-order valence-corrected chi connectivity index (χ1v) is 14.0. The molecule has 3 aromatic carbocycles. The molecule has 0 radical (unpaired) electrons. The number of nitrogens with zero attached hydrogens (tertiary/aromatic N) is 2. The topological polar surface area (TPSA) is 62.3 Å². The molecule has 1 aliphatic rings. The minimum absolute atomic E-state index is 0.00302. The van der Waals surface area contributed by atoms with Crippen molar-refractivity contribution in [2.75, 3.05) is 18.4 Å². The lowest BCUT2D eigenvalue weighted by molar-refractivity contribution is -0.132. The van der Waals surface area contributed by atoms with Gasteiger partial charge in [0.25, 0.3) is 5.91 Å². The highest BCUT2D eigenvalue weighted by Crippen LogP contribution is 2.32. The average molecular weight is 566 g/mol. The smallest absolute Gasteiger partial charge is 0.275 e. The number of para-hydroxylation sites is 1. The fourth-order valence-corrected chi connectivity index (χ4v) is 5.82. The number of nitrogens with one attached hydrogen (secondary N) is 1. The van der Waals surface area contributed by atoms with Gasteiger partial charge in [0, 0.05) is 47.1 Å². The molecule has 0 spiro atoms. The highest BCUT2D eigenvalue weighted by molar-refractivity contribution is 7.10. The summed E-state index contributed by atoms with van der Waals surface area (Å²) in [5.41, 5.74) is 3.49. The Morgan fingerprint density at radius 3 is 2.49 bits per heavy atom. The lowest BCUT2D eigenvalue weighted by Crippen LogP contribution is -2.38. The summed E-state index contributed by atoms with van der Waals surface area (Å²) >= 11 is 7.48. The minimum atomic E-state index is -0.900. The molecule has 4 aromatic rings. The maximum atomic E-state index is 13.4. The van der Waals surface area contributed by atoms with Crippen molar-refractivity contribution >= 4 is 40.4 Å². The van der Waals surface area contributed by atoms with Gasteiger partial charge in [0.15, 0.2) is 11.6 Å². The maximum Gasteiger partial charge on any atom is 0.275 e. The molecule has 0 unspecified atom stereocenters. The van der Waals surface area contributed by atoms with Crippen molar-refractivity contribution in [3.8, 4) is 11.1 Å². The van der Waals surface area contributed by atoms with Crippen LogP contribution >= 0.6 is 22.9 Å². The van der Waals surface area contributed by atoms with Crippen molar-refractivity contribution in [2.24, 2.45) is 0 Å². The Morgan fingerprint density at radius 2 is 1.74 bits per heavy atom. The Hall–Kier alpha value is -3.62. The van der Waals surface area contributed by atoms with Crippen LogP contribution in [-0.2, 0) is 11.2 Å². The summed E-state index contributed by atoms with van der Waals surface area (Å²) in [6.07, 6.45) is 2.12. The number of thiazole rings is 1. The lowest BCUT2D eigenvalue weighted by Gasteiger charge is -2.31. The molecule has 1 N–H and O–H groups in total. The van der Waals surface area contributed by atoms with Gasteiger partial charge < -0.3 is 10.2 Å². The molecule has 0 aliphatic carbocycles. The number of likely N-dealkylation sites (tertiary alicyclic amines) is 1. The third-order valence-electron chi connectivity index (χ3n) is 6.89. The van der Waals surface area contributed by atoms with E-state index in [0.29, 0.717) is 41.5 Å². The average Bonchev–Trinajstić information content (AvgIpc) is 3.45. The monoisotopic (exact) mass is 565 g/mol. The molecule has 5 nitrogen and oxygen atoms in total. The summed E-state index contributed by atoms with van der Waals surface area (Å²) in [4.78, 5) is 32.1. The molecule has 1 fully saturated rings. The summed E-state index contributed by atoms with van der Waals surface area (Å²) in [5.74, 6) is -1.89. The van der Waals surface area contributed by atoms with Gasteiger partial charge in [-0.15, -0.1) is 11.3 Å². The van der Waals surface area contributed by atoms with Crippen molar-refractivity contribution in [2.45, 2.75) is 31.6 Å². The summed E-state index contributed by atoms with van der Waals surface area (Å²) < 4.78 is 26.5. The number of amides is 2. The molecule has 0 saturated carbocycles. The van der Waals surface area contributed by atoms with Gasteiger partial charge in [-0.3, -0.25) is 9.59 Å². The molecule has 39 heavy (non-hydrogen) atoms. The number of aryl methyl sites for hydroxylation is 1. The molecule has 200 valence electrons.